The van der Waals surface area contributed by atoms with Crippen LogP contribution in [0.15, 0.2) is 66.7 Å². The zero-order chi connectivity index (χ0) is 22.4. The van der Waals surface area contributed by atoms with Crippen LogP contribution in [-0.2, 0) is 16.0 Å². The van der Waals surface area contributed by atoms with Gasteiger partial charge in [-0.25, -0.2) is 0 Å². The smallest absolute Gasteiger partial charge is 0.311 e. The first-order valence-electron chi connectivity index (χ1n) is 9.99. The molecule has 31 heavy (non-hydrogen) atoms. The molecular weight excluding hydrogens is 392 g/mol. The molecule has 0 aliphatic rings. The van der Waals surface area contributed by atoms with Gasteiger partial charge < -0.3 is 14.2 Å². The zero-order valence-electron chi connectivity index (χ0n) is 18.2. The predicted octanol–water partition coefficient (Wildman–Crippen LogP) is 5.03. The summed E-state index contributed by atoms with van der Waals surface area (Å²) in [4.78, 5) is 26.0. The van der Waals surface area contributed by atoms with Gasteiger partial charge in [-0.2, -0.15) is 0 Å². The van der Waals surface area contributed by atoms with Crippen LogP contribution < -0.4 is 9.47 Å². The summed E-state index contributed by atoms with van der Waals surface area (Å²) in [6.07, 6.45) is -1.01. The number of carbonyl (C=O) groups is 2. The summed E-state index contributed by atoms with van der Waals surface area (Å²) in [5, 5.41) is 0. The fraction of sp³-hybridized carbons (Fsp3) is 0.231. The number of hydrogen-bond donors (Lipinski definition) is 0. The van der Waals surface area contributed by atoms with Crippen LogP contribution in [-0.4, -0.2) is 26.0 Å². The van der Waals surface area contributed by atoms with Gasteiger partial charge in [0.25, 0.3) is 0 Å². The summed E-state index contributed by atoms with van der Waals surface area (Å²) in [5.74, 6) is 0.341. The maximum Gasteiger partial charge on any atom is 0.311 e. The summed E-state index contributed by atoms with van der Waals surface area (Å²) in [5.41, 5.74) is 3.94. The molecule has 5 heteroatoms. The van der Waals surface area contributed by atoms with Crippen molar-refractivity contribution >= 4 is 11.8 Å². The van der Waals surface area contributed by atoms with Crippen molar-refractivity contribution in [3.63, 3.8) is 0 Å². The van der Waals surface area contributed by atoms with E-state index < -0.39 is 12.1 Å². The Morgan fingerprint density at radius 1 is 0.774 bits per heavy atom. The normalized spacial score (nSPS) is 11.5. The molecule has 0 heterocycles. The maximum absolute atomic E-state index is 13.2. The number of esters is 1. The molecule has 160 valence electrons. The van der Waals surface area contributed by atoms with Crippen LogP contribution in [0.5, 0.6) is 11.5 Å². The number of aryl methyl sites for hydroxylation is 2. The molecule has 0 saturated carbocycles. The first-order chi connectivity index (χ1) is 14.9. The van der Waals surface area contributed by atoms with Gasteiger partial charge >= 0.3 is 5.97 Å². The lowest BCUT2D eigenvalue weighted by molar-refractivity contribution is -0.146. The summed E-state index contributed by atoms with van der Waals surface area (Å²) in [6, 6.07) is 19.9. The molecule has 0 aliphatic heterocycles. The average molecular weight is 418 g/mol. The van der Waals surface area contributed by atoms with E-state index in [1.807, 2.05) is 50.2 Å². The first-order valence-corrected chi connectivity index (χ1v) is 9.99. The van der Waals surface area contributed by atoms with E-state index in [1.54, 1.807) is 37.4 Å². The molecule has 3 rings (SSSR count). The fourth-order valence-corrected chi connectivity index (χ4v) is 3.21. The molecule has 0 radical (unpaired) electrons. The summed E-state index contributed by atoms with van der Waals surface area (Å²) < 4.78 is 16.2. The van der Waals surface area contributed by atoms with Gasteiger partial charge in [0.1, 0.15) is 0 Å². The number of ketones is 1. The minimum absolute atomic E-state index is 0.00386. The quantitative estimate of drug-likeness (QED) is 0.379. The second-order valence-corrected chi connectivity index (χ2v) is 7.38. The minimum Gasteiger partial charge on any atom is -0.493 e. The molecule has 0 N–H and O–H groups in total. The number of ether oxygens (including phenoxy) is 3. The number of hydrogen-bond acceptors (Lipinski definition) is 5. The highest BCUT2D eigenvalue weighted by Crippen LogP contribution is 2.29. The molecule has 5 nitrogen and oxygen atoms in total. The molecule has 3 aromatic carbocycles. The molecule has 0 bridgehead atoms. The number of carbonyl (C=O) groups excluding carboxylic acids is 2. The van der Waals surface area contributed by atoms with Crippen molar-refractivity contribution in [3.8, 4) is 11.5 Å². The highest BCUT2D eigenvalue weighted by molar-refractivity contribution is 6.01. The summed E-state index contributed by atoms with van der Waals surface area (Å²) >= 11 is 0. The molecule has 1 unspecified atom stereocenters. The Labute approximate surface area is 182 Å². The highest BCUT2D eigenvalue weighted by atomic mass is 16.5. The monoisotopic (exact) mass is 418 g/mol. The van der Waals surface area contributed by atoms with E-state index in [0.29, 0.717) is 28.2 Å². The standard InChI is InChI=1S/C26H26O5/c1-17-5-10-20(11-6-17)25(28)26(21-12-7-18(2)8-13-21)31-24(27)16-19-9-14-22(29-3)23(15-19)30-4/h5-15,26H,16H2,1-4H3. The fourth-order valence-electron chi connectivity index (χ4n) is 3.21. The average Bonchev–Trinajstić information content (AvgIpc) is 2.78. The summed E-state index contributed by atoms with van der Waals surface area (Å²) in [7, 11) is 3.09. The van der Waals surface area contributed by atoms with Crippen LogP contribution in [0.4, 0.5) is 0 Å². The predicted molar refractivity (Wildman–Crippen MR) is 119 cm³/mol. The van der Waals surface area contributed by atoms with Gasteiger partial charge in [0.2, 0.25) is 5.78 Å². The Kier molecular flexibility index (Phi) is 7.08. The number of rotatable bonds is 8. The Bertz CT molecular complexity index is 1050. The van der Waals surface area contributed by atoms with Crippen molar-refractivity contribution in [1.29, 1.82) is 0 Å². The molecular formula is C26H26O5. The van der Waals surface area contributed by atoms with E-state index in [1.165, 1.54) is 7.11 Å². The molecule has 0 aliphatic carbocycles. The lowest BCUT2D eigenvalue weighted by Gasteiger charge is -2.18. The van der Waals surface area contributed by atoms with Crippen LogP contribution >= 0.6 is 0 Å². The second-order valence-electron chi connectivity index (χ2n) is 7.38. The van der Waals surface area contributed by atoms with Crippen molar-refractivity contribution in [2.45, 2.75) is 26.4 Å². The van der Waals surface area contributed by atoms with E-state index in [0.717, 1.165) is 11.1 Å². The topological polar surface area (TPSA) is 61.8 Å². The number of benzene rings is 3. The van der Waals surface area contributed by atoms with Gasteiger partial charge in [0, 0.05) is 11.1 Å². The van der Waals surface area contributed by atoms with Crippen molar-refractivity contribution in [3.05, 3.63) is 94.5 Å². The Hall–Kier alpha value is -3.60. The van der Waals surface area contributed by atoms with Gasteiger partial charge in [-0.05, 0) is 31.5 Å². The Morgan fingerprint density at radius 2 is 1.35 bits per heavy atom. The summed E-state index contributed by atoms with van der Waals surface area (Å²) in [6.45, 7) is 3.92. The molecule has 1 atom stereocenters. The number of Topliss-reactive ketones (excluding diaryl/α,β-unsaturated/α-hetero) is 1. The lowest BCUT2D eigenvalue weighted by Crippen LogP contribution is -2.21. The Balaban J connectivity index is 1.84. The number of methoxy groups -OCH3 is 2. The van der Waals surface area contributed by atoms with Crippen LogP contribution in [0.1, 0.15) is 38.7 Å². The molecule has 0 saturated heterocycles. The molecule has 0 fully saturated rings. The zero-order valence-corrected chi connectivity index (χ0v) is 18.2. The van der Waals surface area contributed by atoms with E-state index in [2.05, 4.69) is 0 Å². The molecule has 0 aromatic heterocycles. The second kappa shape index (κ2) is 9.94. The lowest BCUT2D eigenvalue weighted by atomic mass is 9.98. The van der Waals surface area contributed by atoms with E-state index in [-0.39, 0.29) is 12.2 Å². The van der Waals surface area contributed by atoms with E-state index in [9.17, 15) is 9.59 Å². The van der Waals surface area contributed by atoms with Crippen LogP contribution in [0.2, 0.25) is 0 Å². The Morgan fingerprint density at radius 3 is 1.94 bits per heavy atom. The third kappa shape index (κ3) is 5.51. The largest absolute Gasteiger partial charge is 0.493 e. The van der Waals surface area contributed by atoms with Crippen LogP contribution in [0.25, 0.3) is 0 Å². The SMILES string of the molecule is COc1ccc(CC(=O)OC(C(=O)c2ccc(C)cc2)c2ccc(C)cc2)cc1OC. The van der Waals surface area contributed by atoms with Gasteiger partial charge in [0.15, 0.2) is 17.6 Å². The van der Waals surface area contributed by atoms with Gasteiger partial charge in [-0.1, -0.05) is 65.7 Å². The first kappa shape index (κ1) is 22.1. The van der Waals surface area contributed by atoms with Crippen molar-refractivity contribution in [2.75, 3.05) is 14.2 Å². The molecule has 0 spiro atoms. The maximum atomic E-state index is 13.2. The third-order valence-electron chi connectivity index (χ3n) is 5.00. The van der Waals surface area contributed by atoms with Crippen molar-refractivity contribution < 1.29 is 23.8 Å². The third-order valence-corrected chi connectivity index (χ3v) is 5.00. The van der Waals surface area contributed by atoms with Crippen LogP contribution in [0, 0.1) is 13.8 Å². The highest BCUT2D eigenvalue weighted by Gasteiger charge is 2.26. The minimum atomic E-state index is -1.02. The van der Waals surface area contributed by atoms with E-state index >= 15 is 0 Å². The van der Waals surface area contributed by atoms with Crippen molar-refractivity contribution in [2.24, 2.45) is 0 Å². The molecule has 0 amide bonds. The van der Waals surface area contributed by atoms with Gasteiger partial charge in [0.05, 0.1) is 20.6 Å². The molecule has 3 aromatic rings. The van der Waals surface area contributed by atoms with E-state index in [4.69, 9.17) is 14.2 Å². The van der Waals surface area contributed by atoms with Gasteiger partial charge in [-0.15, -0.1) is 0 Å². The van der Waals surface area contributed by atoms with Gasteiger partial charge in [-0.3, -0.25) is 9.59 Å². The van der Waals surface area contributed by atoms with Crippen LogP contribution in [0.3, 0.4) is 0 Å². The van der Waals surface area contributed by atoms with Crippen molar-refractivity contribution in [1.82, 2.24) is 0 Å².